The van der Waals surface area contributed by atoms with Crippen LogP contribution in [0.4, 0.5) is 4.79 Å². The molecule has 4 rings (SSSR count). The molecule has 2 atom stereocenters. The average Bonchev–Trinajstić information content (AvgIpc) is 3.36. The second-order valence-corrected chi connectivity index (χ2v) is 7.61. The largest absolute Gasteiger partial charge is 0.481 e. The van der Waals surface area contributed by atoms with Gasteiger partial charge in [-0.05, 0) is 36.0 Å². The Bertz CT molecular complexity index is 818. The number of urea groups is 1. The summed E-state index contributed by atoms with van der Waals surface area (Å²) in [6.45, 7) is 2.01. The highest BCUT2D eigenvalue weighted by Crippen LogP contribution is 2.48. The summed E-state index contributed by atoms with van der Waals surface area (Å²) in [5.41, 5.74) is 1.43. The molecule has 2 aliphatic rings. The summed E-state index contributed by atoms with van der Waals surface area (Å²) in [4.78, 5) is 25.9. The number of carbonyl (C=O) groups is 2. The second kappa shape index (κ2) is 7.06. The third kappa shape index (κ3) is 3.41. The van der Waals surface area contributed by atoms with E-state index >= 15 is 0 Å². The lowest BCUT2D eigenvalue weighted by Crippen LogP contribution is -2.41. The number of carboxylic acid groups (broad SMARTS) is 1. The number of carboxylic acids is 1. The van der Waals surface area contributed by atoms with Gasteiger partial charge in [0.2, 0.25) is 0 Å². The number of aromatic nitrogens is 2. The zero-order valence-electron chi connectivity index (χ0n) is 15.2. The van der Waals surface area contributed by atoms with Crippen LogP contribution in [0.1, 0.15) is 30.4 Å². The van der Waals surface area contributed by atoms with Crippen LogP contribution < -0.4 is 5.32 Å². The Labute approximate surface area is 158 Å². The summed E-state index contributed by atoms with van der Waals surface area (Å²) in [5.74, 6) is -0.671. The predicted molar refractivity (Wildman–Crippen MR) is 99.0 cm³/mol. The number of hydrogen-bond donors (Lipinski definition) is 2. The first-order valence-corrected chi connectivity index (χ1v) is 9.38. The number of benzene rings is 1. The standard InChI is InChI=1S/C20H24N4O3/c25-18(26)20-8-1-3-17(20)13-23(14-20)19(27)21-11-15-4-6-16(7-5-15)12-24-10-2-9-22-24/h2,4-7,9-10,17H,1,3,8,11-14H2,(H,21,27)(H,25,26)/t17-,20+/m0/s1. The lowest BCUT2D eigenvalue weighted by Gasteiger charge is -2.23. The van der Waals surface area contributed by atoms with Crippen LogP contribution in [0.3, 0.4) is 0 Å². The first-order valence-electron chi connectivity index (χ1n) is 9.38. The van der Waals surface area contributed by atoms with Crippen LogP contribution in [0, 0.1) is 11.3 Å². The van der Waals surface area contributed by atoms with E-state index in [0.717, 1.165) is 24.0 Å². The van der Waals surface area contributed by atoms with Gasteiger partial charge in [0.05, 0.1) is 12.0 Å². The minimum absolute atomic E-state index is 0.0855. The van der Waals surface area contributed by atoms with Crippen molar-refractivity contribution in [3.8, 4) is 0 Å². The molecule has 0 unspecified atom stereocenters. The van der Waals surface area contributed by atoms with Crippen LogP contribution in [-0.4, -0.2) is 44.9 Å². The van der Waals surface area contributed by atoms with Gasteiger partial charge < -0.3 is 15.3 Å². The molecule has 27 heavy (non-hydrogen) atoms. The number of carbonyl (C=O) groups excluding carboxylic acids is 1. The molecule has 1 aliphatic carbocycles. The molecule has 7 heteroatoms. The summed E-state index contributed by atoms with van der Waals surface area (Å²) in [7, 11) is 0. The summed E-state index contributed by atoms with van der Waals surface area (Å²) in [6.07, 6.45) is 6.19. The molecule has 2 heterocycles. The molecule has 1 saturated carbocycles. The van der Waals surface area contributed by atoms with Gasteiger partial charge in [-0.3, -0.25) is 9.48 Å². The molecule has 1 aliphatic heterocycles. The van der Waals surface area contributed by atoms with E-state index in [9.17, 15) is 14.7 Å². The average molecular weight is 368 g/mol. The zero-order valence-corrected chi connectivity index (χ0v) is 15.2. The van der Waals surface area contributed by atoms with Gasteiger partial charge in [-0.1, -0.05) is 30.7 Å². The molecule has 1 aromatic carbocycles. The van der Waals surface area contributed by atoms with Crippen molar-refractivity contribution in [1.82, 2.24) is 20.0 Å². The first-order chi connectivity index (χ1) is 13.1. The van der Waals surface area contributed by atoms with E-state index in [2.05, 4.69) is 10.4 Å². The molecule has 1 aromatic heterocycles. The summed E-state index contributed by atoms with van der Waals surface area (Å²) in [6, 6.07) is 9.77. The molecule has 2 fully saturated rings. The highest BCUT2D eigenvalue weighted by Gasteiger charge is 2.55. The Morgan fingerprint density at radius 2 is 2.04 bits per heavy atom. The summed E-state index contributed by atoms with van der Waals surface area (Å²) >= 11 is 0. The van der Waals surface area contributed by atoms with E-state index in [1.165, 1.54) is 0 Å². The van der Waals surface area contributed by atoms with Gasteiger partial charge in [0.15, 0.2) is 0 Å². The molecule has 0 radical (unpaired) electrons. The molecule has 2 amide bonds. The van der Waals surface area contributed by atoms with Crippen LogP contribution >= 0.6 is 0 Å². The fourth-order valence-corrected chi connectivity index (χ4v) is 4.43. The van der Waals surface area contributed by atoms with E-state index < -0.39 is 11.4 Å². The Kier molecular flexibility index (Phi) is 4.59. The number of rotatable bonds is 5. The number of aliphatic carboxylic acids is 1. The molecule has 1 saturated heterocycles. The Morgan fingerprint density at radius 3 is 2.70 bits per heavy atom. The maximum Gasteiger partial charge on any atom is 0.317 e. The van der Waals surface area contributed by atoms with Crippen LogP contribution in [0.15, 0.2) is 42.7 Å². The number of nitrogens with one attached hydrogen (secondary N) is 1. The van der Waals surface area contributed by atoms with Crippen LogP contribution in [0.25, 0.3) is 0 Å². The predicted octanol–water partition coefficient (Wildman–Crippen LogP) is 2.33. The van der Waals surface area contributed by atoms with Crippen molar-refractivity contribution in [3.05, 3.63) is 53.9 Å². The second-order valence-electron chi connectivity index (χ2n) is 7.61. The van der Waals surface area contributed by atoms with Gasteiger partial charge in [-0.15, -0.1) is 0 Å². The van der Waals surface area contributed by atoms with Crippen molar-refractivity contribution in [2.24, 2.45) is 11.3 Å². The van der Waals surface area contributed by atoms with E-state index in [4.69, 9.17) is 0 Å². The van der Waals surface area contributed by atoms with Gasteiger partial charge in [0.1, 0.15) is 0 Å². The summed E-state index contributed by atoms with van der Waals surface area (Å²) < 4.78 is 1.86. The molecule has 2 aromatic rings. The summed E-state index contributed by atoms with van der Waals surface area (Å²) in [5, 5.41) is 16.8. The van der Waals surface area contributed by atoms with Crippen molar-refractivity contribution in [2.75, 3.05) is 13.1 Å². The number of nitrogens with zero attached hydrogens (tertiary/aromatic N) is 3. The van der Waals surface area contributed by atoms with Crippen molar-refractivity contribution < 1.29 is 14.7 Å². The van der Waals surface area contributed by atoms with Crippen LogP contribution in [0.2, 0.25) is 0 Å². The molecular formula is C20H24N4O3. The highest BCUT2D eigenvalue weighted by atomic mass is 16.4. The van der Waals surface area contributed by atoms with E-state index in [1.807, 2.05) is 41.2 Å². The Morgan fingerprint density at radius 1 is 1.26 bits per heavy atom. The molecular weight excluding hydrogens is 344 g/mol. The fourth-order valence-electron chi connectivity index (χ4n) is 4.43. The zero-order chi connectivity index (χ0) is 18.9. The van der Waals surface area contributed by atoms with Gasteiger partial charge in [0.25, 0.3) is 0 Å². The number of hydrogen-bond acceptors (Lipinski definition) is 3. The topological polar surface area (TPSA) is 87.5 Å². The van der Waals surface area contributed by atoms with Gasteiger partial charge >= 0.3 is 12.0 Å². The normalized spacial score (nSPS) is 24.0. The van der Waals surface area contributed by atoms with Gasteiger partial charge in [0, 0.05) is 32.0 Å². The molecule has 0 spiro atoms. The lowest BCUT2D eigenvalue weighted by molar-refractivity contribution is -0.149. The van der Waals surface area contributed by atoms with E-state index in [0.29, 0.717) is 32.6 Å². The van der Waals surface area contributed by atoms with Gasteiger partial charge in [-0.2, -0.15) is 5.10 Å². The van der Waals surface area contributed by atoms with E-state index in [-0.39, 0.29) is 11.9 Å². The Hall–Kier alpha value is -2.83. The van der Waals surface area contributed by atoms with E-state index in [1.54, 1.807) is 11.1 Å². The maximum atomic E-state index is 12.5. The minimum Gasteiger partial charge on any atom is -0.481 e. The first kappa shape index (κ1) is 17.6. The molecule has 142 valence electrons. The third-order valence-corrected chi connectivity index (χ3v) is 5.95. The molecule has 2 N–H and O–H groups in total. The van der Waals surface area contributed by atoms with Crippen LogP contribution in [0.5, 0.6) is 0 Å². The van der Waals surface area contributed by atoms with Crippen LogP contribution in [-0.2, 0) is 17.9 Å². The third-order valence-electron chi connectivity index (χ3n) is 5.95. The highest BCUT2D eigenvalue weighted by molar-refractivity contribution is 5.80. The number of fused-ring (bicyclic) bond motifs is 1. The lowest BCUT2D eigenvalue weighted by atomic mass is 9.81. The monoisotopic (exact) mass is 368 g/mol. The maximum absolute atomic E-state index is 12.5. The number of likely N-dealkylation sites (tertiary alicyclic amines) is 1. The van der Waals surface area contributed by atoms with Crippen molar-refractivity contribution in [3.63, 3.8) is 0 Å². The van der Waals surface area contributed by atoms with Crippen molar-refractivity contribution >= 4 is 12.0 Å². The fraction of sp³-hybridized carbons (Fsp3) is 0.450. The SMILES string of the molecule is O=C(NCc1ccc(Cn2cccn2)cc1)N1C[C@@H]2CCC[C@@]2(C(=O)O)C1. The Balaban J connectivity index is 1.31. The van der Waals surface area contributed by atoms with Crippen molar-refractivity contribution in [2.45, 2.75) is 32.4 Å². The number of amides is 2. The van der Waals surface area contributed by atoms with Gasteiger partial charge in [-0.25, -0.2) is 4.79 Å². The minimum atomic E-state index is -0.756. The smallest absolute Gasteiger partial charge is 0.317 e. The molecule has 0 bridgehead atoms. The quantitative estimate of drug-likeness (QED) is 0.848. The van der Waals surface area contributed by atoms with Crippen molar-refractivity contribution in [1.29, 1.82) is 0 Å². The molecule has 7 nitrogen and oxygen atoms in total.